The summed E-state index contributed by atoms with van der Waals surface area (Å²) < 4.78 is 7.10. The Labute approximate surface area is 107 Å². The summed E-state index contributed by atoms with van der Waals surface area (Å²) in [5.74, 6) is 0.553. The van der Waals surface area contributed by atoms with E-state index in [2.05, 4.69) is 4.98 Å². The Kier molecular flexibility index (Phi) is 3.31. The van der Waals surface area contributed by atoms with E-state index in [1.54, 1.807) is 29.0 Å². The van der Waals surface area contributed by atoms with E-state index in [9.17, 15) is 4.79 Å². The third-order valence-electron chi connectivity index (χ3n) is 2.24. The van der Waals surface area contributed by atoms with Crippen molar-refractivity contribution in [2.75, 3.05) is 7.11 Å². The minimum absolute atomic E-state index is 0.229. The van der Waals surface area contributed by atoms with Crippen LogP contribution >= 0.6 is 23.8 Å². The highest BCUT2D eigenvalue weighted by Crippen LogP contribution is 2.26. The van der Waals surface area contributed by atoms with Gasteiger partial charge in [0.1, 0.15) is 5.75 Å². The van der Waals surface area contributed by atoms with Gasteiger partial charge < -0.3 is 4.74 Å². The number of aromatic amines is 1. The van der Waals surface area contributed by atoms with Crippen LogP contribution in [0.3, 0.4) is 0 Å². The summed E-state index contributed by atoms with van der Waals surface area (Å²) in [6.45, 7) is 0. The Morgan fingerprint density at radius 3 is 2.82 bits per heavy atom. The summed E-state index contributed by atoms with van der Waals surface area (Å²) in [5, 5.41) is 0.521. The molecule has 6 heteroatoms. The minimum atomic E-state index is -0.229. The van der Waals surface area contributed by atoms with Crippen molar-refractivity contribution in [1.82, 2.24) is 9.55 Å². The Hall–Kier alpha value is -1.59. The first kappa shape index (κ1) is 11.9. The maximum Gasteiger partial charge on any atom is 0.251 e. The molecule has 1 aromatic heterocycles. The van der Waals surface area contributed by atoms with Gasteiger partial charge in [0.25, 0.3) is 5.56 Å². The number of aromatic nitrogens is 2. The van der Waals surface area contributed by atoms with Gasteiger partial charge in [-0.05, 0) is 24.4 Å². The molecule has 0 atom stereocenters. The molecule has 0 aliphatic heterocycles. The van der Waals surface area contributed by atoms with Crippen LogP contribution in [0.4, 0.5) is 0 Å². The van der Waals surface area contributed by atoms with Gasteiger partial charge >= 0.3 is 0 Å². The minimum Gasteiger partial charge on any atom is -0.495 e. The third-order valence-corrected chi connectivity index (χ3v) is 2.85. The number of rotatable bonds is 2. The summed E-state index contributed by atoms with van der Waals surface area (Å²) >= 11 is 11.0. The van der Waals surface area contributed by atoms with Crippen molar-refractivity contribution in [3.05, 3.63) is 50.6 Å². The molecule has 0 unspecified atom stereocenters. The van der Waals surface area contributed by atoms with Crippen molar-refractivity contribution in [3.8, 4) is 11.4 Å². The quantitative estimate of drug-likeness (QED) is 0.852. The first-order valence-corrected chi connectivity index (χ1v) is 5.56. The van der Waals surface area contributed by atoms with E-state index in [-0.39, 0.29) is 5.56 Å². The van der Waals surface area contributed by atoms with Crippen LogP contribution < -0.4 is 10.3 Å². The first-order valence-electron chi connectivity index (χ1n) is 4.78. The summed E-state index contributed by atoms with van der Waals surface area (Å²) in [5.41, 5.74) is 0.541. The average molecular weight is 269 g/mol. The molecule has 2 aromatic rings. The zero-order valence-electron chi connectivity index (χ0n) is 8.94. The highest BCUT2D eigenvalue weighted by Gasteiger charge is 2.03. The molecule has 0 saturated heterocycles. The Morgan fingerprint density at radius 2 is 2.18 bits per heavy atom. The molecular formula is C11H9ClN2O2S. The number of methoxy groups -OCH3 is 1. The molecule has 88 valence electrons. The average Bonchev–Trinajstić information content (AvgIpc) is 2.30. The number of ether oxygens (including phenoxy) is 1. The molecule has 0 amide bonds. The van der Waals surface area contributed by atoms with Gasteiger partial charge in [-0.15, -0.1) is 0 Å². The van der Waals surface area contributed by atoms with Crippen molar-refractivity contribution in [2.24, 2.45) is 0 Å². The predicted molar refractivity (Wildman–Crippen MR) is 68.8 cm³/mol. The molecule has 0 aliphatic carbocycles. The van der Waals surface area contributed by atoms with Gasteiger partial charge in [-0.3, -0.25) is 14.3 Å². The highest BCUT2D eigenvalue weighted by molar-refractivity contribution is 7.71. The maximum absolute atomic E-state index is 11.1. The van der Waals surface area contributed by atoms with E-state index >= 15 is 0 Å². The van der Waals surface area contributed by atoms with E-state index in [4.69, 9.17) is 28.6 Å². The predicted octanol–water partition coefficient (Wildman–Crippen LogP) is 2.56. The lowest BCUT2D eigenvalue weighted by molar-refractivity contribution is 0.415. The molecule has 0 aliphatic rings. The van der Waals surface area contributed by atoms with Crippen molar-refractivity contribution in [1.29, 1.82) is 0 Å². The monoisotopic (exact) mass is 268 g/mol. The second-order valence-electron chi connectivity index (χ2n) is 3.30. The van der Waals surface area contributed by atoms with Crippen molar-refractivity contribution in [3.63, 3.8) is 0 Å². The van der Waals surface area contributed by atoms with Crippen molar-refractivity contribution < 1.29 is 4.74 Å². The molecule has 17 heavy (non-hydrogen) atoms. The van der Waals surface area contributed by atoms with Crippen LogP contribution in [0.1, 0.15) is 0 Å². The van der Waals surface area contributed by atoms with Crippen molar-refractivity contribution >= 4 is 23.8 Å². The van der Waals surface area contributed by atoms with Crippen LogP contribution in [0.5, 0.6) is 5.75 Å². The van der Waals surface area contributed by atoms with Gasteiger partial charge in [-0.1, -0.05) is 11.6 Å². The van der Waals surface area contributed by atoms with Crippen LogP contribution in [0, 0.1) is 4.77 Å². The van der Waals surface area contributed by atoms with Crippen LogP contribution in [0.15, 0.2) is 35.3 Å². The second kappa shape index (κ2) is 4.73. The normalized spacial score (nSPS) is 10.2. The molecule has 0 spiro atoms. The second-order valence-corrected chi connectivity index (χ2v) is 4.09. The molecule has 1 aromatic carbocycles. The fourth-order valence-electron chi connectivity index (χ4n) is 1.42. The van der Waals surface area contributed by atoms with Crippen LogP contribution in [0.2, 0.25) is 5.02 Å². The van der Waals surface area contributed by atoms with Gasteiger partial charge in [0, 0.05) is 18.3 Å². The molecule has 0 fully saturated rings. The first-order chi connectivity index (χ1) is 8.11. The molecule has 1 N–H and O–H groups in total. The fraction of sp³-hybridized carbons (Fsp3) is 0.0909. The standard InChI is InChI=1S/C11H9ClN2O2S/c1-16-9-6-7(2-3-8(9)12)14-5-4-10(15)13-11(14)17/h2-6H,1H3,(H,13,15,17). The number of nitrogens with one attached hydrogen (secondary N) is 1. The molecule has 2 rings (SSSR count). The van der Waals surface area contributed by atoms with E-state index < -0.39 is 0 Å². The highest BCUT2D eigenvalue weighted by atomic mass is 35.5. The number of hydrogen-bond acceptors (Lipinski definition) is 3. The summed E-state index contributed by atoms with van der Waals surface area (Å²) in [6, 6.07) is 6.65. The molecule has 4 nitrogen and oxygen atoms in total. The van der Waals surface area contributed by atoms with E-state index in [1.165, 1.54) is 13.2 Å². The van der Waals surface area contributed by atoms with Gasteiger partial charge in [0.15, 0.2) is 4.77 Å². The van der Waals surface area contributed by atoms with Crippen LogP contribution in [0.25, 0.3) is 5.69 Å². The van der Waals surface area contributed by atoms with E-state index in [1.807, 2.05) is 0 Å². The number of H-pyrrole nitrogens is 1. The number of nitrogens with zero attached hydrogens (tertiary/aromatic N) is 1. The van der Waals surface area contributed by atoms with E-state index in [0.29, 0.717) is 15.5 Å². The van der Waals surface area contributed by atoms with Gasteiger partial charge in [0.2, 0.25) is 0 Å². The van der Waals surface area contributed by atoms with Crippen LogP contribution in [-0.2, 0) is 0 Å². The molecule has 1 heterocycles. The third kappa shape index (κ3) is 2.40. The number of hydrogen-bond donors (Lipinski definition) is 1. The van der Waals surface area contributed by atoms with Gasteiger partial charge in [0.05, 0.1) is 17.8 Å². The van der Waals surface area contributed by atoms with E-state index in [0.717, 1.165) is 5.69 Å². The largest absolute Gasteiger partial charge is 0.495 e. The summed E-state index contributed by atoms with van der Waals surface area (Å²) in [6.07, 6.45) is 1.60. The lowest BCUT2D eigenvalue weighted by atomic mass is 10.3. The van der Waals surface area contributed by atoms with Gasteiger partial charge in [-0.2, -0.15) is 0 Å². The number of benzene rings is 1. The Bertz CT molecular complexity index is 663. The zero-order valence-corrected chi connectivity index (χ0v) is 10.5. The molecule has 0 bridgehead atoms. The van der Waals surface area contributed by atoms with Crippen LogP contribution in [-0.4, -0.2) is 16.7 Å². The number of halogens is 1. The maximum atomic E-state index is 11.1. The Morgan fingerprint density at radius 1 is 1.41 bits per heavy atom. The summed E-state index contributed by atoms with van der Waals surface area (Å²) in [4.78, 5) is 13.6. The lowest BCUT2D eigenvalue weighted by Crippen LogP contribution is -2.09. The van der Waals surface area contributed by atoms with Crippen molar-refractivity contribution in [2.45, 2.75) is 0 Å². The Balaban J connectivity index is 2.61. The molecular weight excluding hydrogens is 260 g/mol. The SMILES string of the molecule is COc1cc(-n2ccc(=O)[nH]c2=S)ccc1Cl. The van der Waals surface area contributed by atoms with Gasteiger partial charge in [-0.25, -0.2) is 0 Å². The lowest BCUT2D eigenvalue weighted by Gasteiger charge is -2.09. The smallest absolute Gasteiger partial charge is 0.251 e. The zero-order chi connectivity index (χ0) is 12.4. The fourth-order valence-corrected chi connectivity index (χ4v) is 1.88. The summed E-state index contributed by atoms with van der Waals surface area (Å²) in [7, 11) is 1.54. The topological polar surface area (TPSA) is 47.0 Å². The molecule has 0 radical (unpaired) electrons. The molecule has 0 saturated carbocycles.